The zero-order valence-electron chi connectivity index (χ0n) is 11.2. The van der Waals surface area contributed by atoms with Crippen molar-refractivity contribution in [1.29, 1.82) is 0 Å². The molecule has 0 aliphatic rings. The van der Waals surface area contributed by atoms with Gasteiger partial charge in [-0.05, 0) is 31.3 Å². The second-order valence-corrected chi connectivity index (χ2v) is 4.83. The number of H-pyrrole nitrogens is 1. The van der Waals surface area contributed by atoms with Gasteiger partial charge in [-0.1, -0.05) is 12.1 Å². The molecule has 3 rings (SSSR count). The van der Waals surface area contributed by atoms with Crippen LogP contribution in [0.25, 0.3) is 16.7 Å². The average molecular weight is 306 g/mol. The molecule has 21 heavy (non-hydrogen) atoms. The zero-order valence-corrected chi connectivity index (χ0v) is 12.0. The van der Waals surface area contributed by atoms with Crippen molar-refractivity contribution in [2.75, 3.05) is 6.61 Å². The van der Waals surface area contributed by atoms with Crippen LogP contribution in [0.4, 0.5) is 8.78 Å². The van der Waals surface area contributed by atoms with Crippen LogP contribution in [-0.2, 0) is 0 Å². The number of aromatic amines is 1. The first-order chi connectivity index (χ1) is 10.1. The third-order valence-corrected chi connectivity index (χ3v) is 3.40. The summed E-state index contributed by atoms with van der Waals surface area (Å²) in [6, 6.07) is 9.29. The monoisotopic (exact) mass is 306 g/mol. The minimum absolute atomic E-state index is 0.174. The van der Waals surface area contributed by atoms with Crippen molar-refractivity contribution >= 4 is 23.3 Å². The number of nitrogens with zero attached hydrogens (tertiary/aromatic N) is 1. The van der Waals surface area contributed by atoms with E-state index in [9.17, 15) is 8.78 Å². The van der Waals surface area contributed by atoms with Gasteiger partial charge in [0.25, 0.3) is 0 Å². The van der Waals surface area contributed by atoms with Gasteiger partial charge in [-0.15, -0.1) is 0 Å². The molecule has 3 nitrogen and oxygen atoms in total. The predicted octanol–water partition coefficient (Wildman–Crippen LogP) is 4.36. The van der Waals surface area contributed by atoms with Gasteiger partial charge in [-0.25, -0.2) is 8.78 Å². The molecule has 1 heterocycles. The highest BCUT2D eigenvalue weighted by atomic mass is 32.1. The van der Waals surface area contributed by atoms with Crippen molar-refractivity contribution in [3.63, 3.8) is 0 Å². The lowest BCUT2D eigenvalue weighted by Crippen LogP contribution is -2.00. The summed E-state index contributed by atoms with van der Waals surface area (Å²) in [5, 5.41) is 0. The minimum atomic E-state index is -0.677. The molecular formula is C15H12F2N2OS. The van der Waals surface area contributed by atoms with Gasteiger partial charge in [-0.3, -0.25) is 4.57 Å². The topological polar surface area (TPSA) is 29.9 Å². The number of para-hydroxylation sites is 2. The third kappa shape index (κ3) is 2.31. The molecule has 1 N–H and O–H groups in total. The lowest BCUT2D eigenvalue weighted by atomic mass is 10.2. The number of hydrogen-bond acceptors (Lipinski definition) is 2. The molecule has 0 radical (unpaired) electrons. The van der Waals surface area contributed by atoms with Gasteiger partial charge in [0.2, 0.25) is 0 Å². The molecule has 2 aromatic carbocycles. The molecule has 0 aliphatic heterocycles. The summed E-state index contributed by atoms with van der Waals surface area (Å²) >= 11 is 5.24. The van der Waals surface area contributed by atoms with Crippen molar-refractivity contribution in [1.82, 2.24) is 9.55 Å². The van der Waals surface area contributed by atoms with E-state index in [1.54, 1.807) is 16.7 Å². The summed E-state index contributed by atoms with van der Waals surface area (Å²) in [5.41, 5.74) is 1.15. The number of imidazole rings is 1. The number of nitrogens with one attached hydrogen (secondary N) is 1. The fourth-order valence-electron chi connectivity index (χ4n) is 2.29. The molecule has 3 aromatic rings. The predicted molar refractivity (Wildman–Crippen MR) is 79.5 cm³/mol. The van der Waals surface area contributed by atoms with Crippen LogP contribution in [0.1, 0.15) is 6.92 Å². The van der Waals surface area contributed by atoms with Crippen LogP contribution in [0, 0.1) is 16.4 Å². The molecule has 0 saturated heterocycles. The van der Waals surface area contributed by atoms with E-state index in [-0.39, 0.29) is 10.3 Å². The Bertz CT molecular complexity index is 870. The Morgan fingerprint density at radius 1 is 1.24 bits per heavy atom. The maximum Gasteiger partial charge on any atom is 0.182 e. The Morgan fingerprint density at radius 2 is 2.00 bits per heavy atom. The Labute approximate surface area is 124 Å². The van der Waals surface area contributed by atoms with Gasteiger partial charge in [0.05, 0.1) is 17.8 Å². The van der Waals surface area contributed by atoms with E-state index in [1.807, 2.05) is 19.1 Å². The molecule has 0 amide bonds. The van der Waals surface area contributed by atoms with Crippen LogP contribution < -0.4 is 4.74 Å². The fraction of sp³-hybridized carbons (Fsp3) is 0.133. The molecule has 0 unspecified atom stereocenters. The highest BCUT2D eigenvalue weighted by molar-refractivity contribution is 7.71. The Morgan fingerprint density at radius 3 is 2.76 bits per heavy atom. The summed E-state index contributed by atoms with van der Waals surface area (Å²) in [7, 11) is 0. The van der Waals surface area contributed by atoms with Crippen LogP contribution in [0.3, 0.4) is 0 Å². The first-order valence-electron chi connectivity index (χ1n) is 6.43. The maximum atomic E-state index is 13.8. The number of halogens is 2. The van der Waals surface area contributed by atoms with E-state index < -0.39 is 11.6 Å². The van der Waals surface area contributed by atoms with Crippen molar-refractivity contribution in [2.45, 2.75) is 6.92 Å². The van der Waals surface area contributed by atoms with E-state index in [4.69, 9.17) is 17.0 Å². The van der Waals surface area contributed by atoms with Crippen LogP contribution >= 0.6 is 12.2 Å². The van der Waals surface area contributed by atoms with Crippen LogP contribution in [0.15, 0.2) is 36.4 Å². The Kier molecular flexibility index (Phi) is 3.47. The smallest absolute Gasteiger partial charge is 0.182 e. The van der Waals surface area contributed by atoms with Crippen molar-refractivity contribution < 1.29 is 13.5 Å². The molecule has 0 atom stereocenters. The molecule has 0 spiro atoms. The van der Waals surface area contributed by atoms with Crippen LogP contribution in [0.5, 0.6) is 5.75 Å². The van der Waals surface area contributed by atoms with Gasteiger partial charge in [-0.2, -0.15) is 0 Å². The van der Waals surface area contributed by atoms with Crippen molar-refractivity contribution in [2.24, 2.45) is 0 Å². The van der Waals surface area contributed by atoms with Crippen LogP contribution in [-0.4, -0.2) is 16.2 Å². The van der Waals surface area contributed by atoms with Gasteiger partial charge < -0.3 is 9.72 Å². The zero-order chi connectivity index (χ0) is 15.0. The molecule has 0 bridgehead atoms. The minimum Gasteiger partial charge on any atom is -0.492 e. The summed E-state index contributed by atoms with van der Waals surface area (Å²) < 4.78 is 34.8. The quantitative estimate of drug-likeness (QED) is 0.728. The first-order valence-corrected chi connectivity index (χ1v) is 6.84. The largest absolute Gasteiger partial charge is 0.492 e. The summed E-state index contributed by atoms with van der Waals surface area (Å²) in [5.74, 6) is -0.734. The normalized spacial score (nSPS) is 11.0. The van der Waals surface area contributed by atoms with Gasteiger partial charge in [0, 0.05) is 12.1 Å². The second kappa shape index (κ2) is 5.29. The number of ether oxygens (including phenoxy) is 1. The van der Waals surface area contributed by atoms with Crippen molar-refractivity contribution in [3.05, 3.63) is 52.8 Å². The number of rotatable bonds is 3. The van der Waals surface area contributed by atoms with Crippen molar-refractivity contribution in [3.8, 4) is 11.4 Å². The number of benzene rings is 2. The first kappa shape index (κ1) is 13.8. The summed E-state index contributed by atoms with van der Waals surface area (Å²) in [6.07, 6.45) is 0. The van der Waals surface area contributed by atoms with Gasteiger partial charge in [0.1, 0.15) is 17.1 Å². The molecule has 6 heteroatoms. The number of fused-ring (bicyclic) bond motifs is 1. The summed E-state index contributed by atoms with van der Waals surface area (Å²) in [6.45, 7) is 2.35. The number of aromatic nitrogens is 2. The van der Waals surface area contributed by atoms with Gasteiger partial charge >= 0.3 is 0 Å². The highest BCUT2D eigenvalue weighted by Crippen LogP contribution is 2.28. The second-order valence-electron chi connectivity index (χ2n) is 4.45. The van der Waals surface area contributed by atoms with E-state index in [0.717, 1.165) is 6.07 Å². The van der Waals surface area contributed by atoms with E-state index in [1.165, 1.54) is 6.07 Å². The Balaban J connectivity index is 2.36. The molecule has 0 saturated carbocycles. The van der Waals surface area contributed by atoms with E-state index >= 15 is 0 Å². The number of hydrogen-bond donors (Lipinski definition) is 1. The van der Waals surface area contributed by atoms with E-state index in [0.29, 0.717) is 23.6 Å². The molecule has 108 valence electrons. The van der Waals surface area contributed by atoms with E-state index in [2.05, 4.69) is 4.98 Å². The third-order valence-electron chi connectivity index (χ3n) is 3.12. The molecule has 0 fully saturated rings. The maximum absolute atomic E-state index is 13.8. The lowest BCUT2D eigenvalue weighted by Gasteiger charge is -2.11. The van der Waals surface area contributed by atoms with Gasteiger partial charge in [0.15, 0.2) is 10.6 Å². The molecule has 0 aliphatic carbocycles. The highest BCUT2D eigenvalue weighted by Gasteiger charge is 2.14. The molecule has 1 aromatic heterocycles. The summed E-state index contributed by atoms with van der Waals surface area (Å²) in [4.78, 5) is 2.77. The Hall–Kier alpha value is -2.21. The van der Waals surface area contributed by atoms with Crippen LogP contribution in [0.2, 0.25) is 0 Å². The standard InChI is InChI=1S/C15H12F2N2OS/c1-2-20-13-6-4-3-5-11(13)19-12-8-9(16)7-10(17)14(12)18-15(19)21/h3-8H,2H2,1H3,(H,18,21). The average Bonchev–Trinajstić information content (AvgIpc) is 2.77. The molecular weight excluding hydrogens is 294 g/mol. The lowest BCUT2D eigenvalue weighted by molar-refractivity contribution is 0.339. The SMILES string of the molecule is CCOc1ccccc1-n1c(=S)[nH]c2c(F)cc(F)cc21. The fourth-order valence-corrected chi connectivity index (χ4v) is 2.59.